The molecule has 3 nitrogen and oxygen atoms in total. The largest absolute Gasteiger partial charge is 0.374 e. The van der Waals surface area contributed by atoms with E-state index in [9.17, 15) is 0 Å². The number of morpholine rings is 1. The van der Waals surface area contributed by atoms with Gasteiger partial charge in [-0.3, -0.25) is 4.90 Å². The van der Waals surface area contributed by atoms with Crippen molar-refractivity contribution in [3.05, 3.63) is 34.9 Å². The van der Waals surface area contributed by atoms with Crippen molar-refractivity contribution in [1.29, 1.82) is 0 Å². The molecule has 1 aliphatic heterocycles. The van der Waals surface area contributed by atoms with Gasteiger partial charge in [0.05, 0.1) is 12.7 Å². The number of hydrogen-bond acceptors (Lipinski definition) is 3. The van der Waals surface area contributed by atoms with Gasteiger partial charge in [0.25, 0.3) is 0 Å². The first kappa shape index (κ1) is 15.8. The summed E-state index contributed by atoms with van der Waals surface area (Å²) in [5.41, 5.74) is 1.14. The summed E-state index contributed by atoms with van der Waals surface area (Å²) < 4.78 is 5.84. The molecule has 2 atom stereocenters. The third-order valence-corrected chi connectivity index (χ3v) is 4.27. The fraction of sp³-hybridized carbons (Fsp3) is 0.625. The molecule has 1 aromatic rings. The molecule has 0 saturated carbocycles. The van der Waals surface area contributed by atoms with Crippen molar-refractivity contribution in [2.45, 2.75) is 39.0 Å². The Morgan fingerprint density at radius 1 is 1.35 bits per heavy atom. The number of hydrogen-bond donors (Lipinski definition) is 1. The van der Waals surface area contributed by atoms with Gasteiger partial charge in [-0.1, -0.05) is 29.8 Å². The van der Waals surface area contributed by atoms with Crippen LogP contribution in [0, 0.1) is 0 Å². The first-order chi connectivity index (χ1) is 9.58. The van der Waals surface area contributed by atoms with Crippen molar-refractivity contribution < 1.29 is 4.74 Å². The normalized spacial score (nSPS) is 22.1. The first-order valence-corrected chi connectivity index (χ1v) is 7.79. The zero-order valence-electron chi connectivity index (χ0n) is 12.6. The monoisotopic (exact) mass is 296 g/mol. The van der Waals surface area contributed by atoms with Gasteiger partial charge in [0.15, 0.2) is 0 Å². The summed E-state index contributed by atoms with van der Waals surface area (Å²) in [5, 5.41) is 4.35. The molecule has 1 N–H and O–H groups in total. The number of ether oxygens (including phenoxy) is 1. The molecule has 4 heteroatoms. The van der Waals surface area contributed by atoms with Crippen LogP contribution in [-0.2, 0) is 4.74 Å². The minimum atomic E-state index is 0.238. The molecule has 2 rings (SSSR count). The lowest BCUT2D eigenvalue weighted by molar-refractivity contribution is -0.0379. The highest BCUT2D eigenvalue weighted by molar-refractivity contribution is 6.31. The first-order valence-electron chi connectivity index (χ1n) is 7.41. The molecular weight excluding hydrogens is 272 g/mol. The molecule has 0 aromatic heterocycles. The molecule has 0 amide bonds. The Balaban J connectivity index is 1.84. The van der Waals surface area contributed by atoms with E-state index >= 15 is 0 Å². The van der Waals surface area contributed by atoms with E-state index in [-0.39, 0.29) is 12.1 Å². The van der Waals surface area contributed by atoms with Crippen LogP contribution in [0.5, 0.6) is 0 Å². The van der Waals surface area contributed by atoms with Crippen LogP contribution in [0.4, 0.5) is 0 Å². The van der Waals surface area contributed by atoms with E-state index < -0.39 is 0 Å². The van der Waals surface area contributed by atoms with Gasteiger partial charge >= 0.3 is 0 Å². The summed E-state index contributed by atoms with van der Waals surface area (Å²) >= 11 is 6.23. The van der Waals surface area contributed by atoms with Gasteiger partial charge in [-0.15, -0.1) is 0 Å². The maximum atomic E-state index is 6.23. The summed E-state index contributed by atoms with van der Waals surface area (Å²) in [4.78, 5) is 2.47. The van der Waals surface area contributed by atoms with Crippen molar-refractivity contribution >= 4 is 11.6 Å². The Labute approximate surface area is 127 Å². The van der Waals surface area contributed by atoms with Crippen molar-refractivity contribution in [2.24, 2.45) is 0 Å². The van der Waals surface area contributed by atoms with Crippen LogP contribution in [0.1, 0.15) is 32.4 Å². The Bertz CT molecular complexity index is 425. The van der Waals surface area contributed by atoms with Crippen molar-refractivity contribution in [3.63, 3.8) is 0 Å². The molecule has 1 aliphatic rings. The number of halogens is 1. The van der Waals surface area contributed by atoms with Gasteiger partial charge in [-0.05, 0) is 32.4 Å². The van der Waals surface area contributed by atoms with Gasteiger partial charge in [0.2, 0.25) is 0 Å². The van der Waals surface area contributed by atoms with Crippen LogP contribution in [0.3, 0.4) is 0 Å². The van der Waals surface area contributed by atoms with Crippen LogP contribution in [0.2, 0.25) is 5.02 Å². The van der Waals surface area contributed by atoms with Gasteiger partial charge in [-0.25, -0.2) is 0 Å². The molecular formula is C16H25ClN2O. The fourth-order valence-electron chi connectivity index (χ4n) is 2.58. The highest BCUT2D eigenvalue weighted by Gasteiger charge is 2.22. The lowest BCUT2D eigenvalue weighted by Crippen LogP contribution is -2.49. The van der Waals surface area contributed by atoms with Crippen molar-refractivity contribution in [3.8, 4) is 0 Å². The second-order valence-electron chi connectivity index (χ2n) is 5.73. The highest BCUT2D eigenvalue weighted by Crippen LogP contribution is 2.22. The summed E-state index contributed by atoms with van der Waals surface area (Å²) in [5.74, 6) is 0. The predicted molar refractivity (Wildman–Crippen MR) is 84.3 cm³/mol. The van der Waals surface area contributed by atoms with Crippen molar-refractivity contribution in [1.82, 2.24) is 10.2 Å². The lowest BCUT2D eigenvalue weighted by Gasteiger charge is -2.36. The summed E-state index contributed by atoms with van der Waals surface area (Å²) in [6, 6.07) is 8.82. The molecule has 0 bridgehead atoms. The third kappa shape index (κ3) is 4.19. The molecule has 1 fully saturated rings. The molecule has 0 radical (unpaired) electrons. The van der Waals surface area contributed by atoms with E-state index in [1.54, 1.807) is 0 Å². The topological polar surface area (TPSA) is 24.5 Å². The average molecular weight is 297 g/mol. The van der Waals surface area contributed by atoms with E-state index in [4.69, 9.17) is 16.3 Å². The minimum absolute atomic E-state index is 0.238. The van der Waals surface area contributed by atoms with Gasteiger partial charge < -0.3 is 10.1 Å². The third-order valence-electron chi connectivity index (χ3n) is 3.92. The van der Waals surface area contributed by atoms with E-state index in [1.165, 1.54) is 0 Å². The second kappa shape index (κ2) is 7.41. The van der Waals surface area contributed by atoms with Crippen LogP contribution < -0.4 is 5.32 Å². The highest BCUT2D eigenvalue weighted by atomic mass is 35.5. The molecule has 1 saturated heterocycles. The zero-order chi connectivity index (χ0) is 14.5. The van der Waals surface area contributed by atoms with Crippen molar-refractivity contribution in [2.75, 3.05) is 26.2 Å². The Morgan fingerprint density at radius 2 is 2.10 bits per heavy atom. The molecule has 2 unspecified atom stereocenters. The maximum Gasteiger partial charge on any atom is 0.0827 e. The number of nitrogens with zero attached hydrogens (tertiary/aromatic N) is 1. The fourth-order valence-corrected chi connectivity index (χ4v) is 2.88. The Hall–Kier alpha value is -0.610. The summed E-state index contributed by atoms with van der Waals surface area (Å²) in [6.45, 7) is 10.3. The molecule has 0 aliphatic carbocycles. The van der Waals surface area contributed by atoms with Crippen LogP contribution >= 0.6 is 11.6 Å². The SMILES string of the molecule is CC(NCC1CN(C(C)C)CCO1)c1ccccc1Cl. The molecule has 112 valence electrons. The molecule has 1 heterocycles. The van der Waals surface area contributed by atoms with Gasteiger partial charge in [0.1, 0.15) is 0 Å². The number of nitrogens with one attached hydrogen (secondary N) is 1. The van der Waals surface area contributed by atoms with Crippen LogP contribution in [0.25, 0.3) is 0 Å². The Morgan fingerprint density at radius 3 is 2.80 bits per heavy atom. The quantitative estimate of drug-likeness (QED) is 0.903. The predicted octanol–water partition coefficient (Wildman–Crippen LogP) is 3.10. The van der Waals surface area contributed by atoms with E-state index in [2.05, 4.69) is 37.1 Å². The number of benzene rings is 1. The van der Waals surface area contributed by atoms with E-state index in [1.807, 2.05) is 18.2 Å². The van der Waals surface area contributed by atoms with Gasteiger partial charge in [0, 0.05) is 36.7 Å². The van der Waals surface area contributed by atoms with Gasteiger partial charge in [-0.2, -0.15) is 0 Å². The average Bonchev–Trinajstić information content (AvgIpc) is 2.45. The second-order valence-corrected chi connectivity index (χ2v) is 6.14. The molecule has 20 heavy (non-hydrogen) atoms. The standard InChI is InChI=1S/C16H25ClN2O/c1-12(2)19-8-9-20-14(11-19)10-18-13(3)15-6-4-5-7-16(15)17/h4-7,12-14,18H,8-11H2,1-3H3. The van der Waals surface area contributed by atoms with Crippen LogP contribution in [-0.4, -0.2) is 43.3 Å². The Kier molecular flexibility index (Phi) is 5.85. The maximum absolute atomic E-state index is 6.23. The molecule has 1 aromatic carbocycles. The summed E-state index contributed by atoms with van der Waals surface area (Å²) in [7, 11) is 0. The zero-order valence-corrected chi connectivity index (χ0v) is 13.4. The molecule has 0 spiro atoms. The minimum Gasteiger partial charge on any atom is -0.374 e. The smallest absolute Gasteiger partial charge is 0.0827 e. The lowest BCUT2D eigenvalue weighted by atomic mass is 10.1. The summed E-state index contributed by atoms with van der Waals surface area (Å²) in [6.07, 6.45) is 0.260. The van der Waals surface area contributed by atoms with E-state index in [0.717, 1.165) is 36.8 Å². The number of rotatable bonds is 5. The van der Waals surface area contributed by atoms with Crippen LogP contribution in [0.15, 0.2) is 24.3 Å². The van der Waals surface area contributed by atoms with E-state index in [0.29, 0.717) is 6.04 Å².